The number of hydrogen-bond acceptors (Lipinski definition) is 0. The van der Waals surface area contributed by atoms with Crippen LogP contribution in [0.3, 0.4) is 0 Å². The van der Waals surface area contributed by atoms with E-state index in [1.165, 1.54) is 49.7 Å². The van der Waals surface area contributed by atoms with Crippen molar-refractivity contribution in [1.29, 1.82) is 0 Å². The summed E-state index contributed by atoms with van der Waals surface area (Å²) in [6.45, 7) is 0. The topological polar surface area (TPSA) is 0 Å². The summed E-state index contributed by atoms with van der Waals surface area (Å²) in [6, 6.07) is 22.3. The Morgan fingerprint density at radius 3 is 1.37 bits per heavy atom. The third-order valence-corrected chi connectivity index (χ3v) is 4.61. The molecule has 0 radical (unpaired) electrons. The quantitative estimate of drug-likeness (QED) is 0.632. The highest BCUT2D eigenvalue weighted by atomic mass is 14.4. The maximum Gasteiger partial charge on any atom is 0.0202 e. The molecule has 98 valence electrons. The molecule has 0 aromatic heterocycles. The van der Waals surface area contributed by atoms with Crippen molar-refractivity contribution in [3.05, 3.63) is 71.8 Å². The zero-order chi connectivity index (χ0) is 13.0. The van der Waals surface area contributed by atoms with Crippen LogP contribution in [-0.4, -0.2) is 0 Å². The van der Waals surface area contributed by atoms with E-state index in [9.17, 15) is 0 Å². The van der Waals surface area contributed by atoms with Gasteiger partial charge in [-0.15, -0.1) is 0 Å². The molecule has 0 atom stereocenters. The Hall–Kier alpha value is -1.56. The molecule has 0 saturated heterocycles. The predicted octanol–water partition coefficient (Wildman–Crippen LogP) is 5.33. The van der Waals surface area contributed by atoms with Gasteiger partial charge in [0.05, 0.1) is 0 Å². The standard InChI is InChI=1S/C19H22/c1-2-10-16-19(15-9-1,17-11-5-3-6-12-17)18-13-7-4-8-14-18/h3-8,11-14H,1-2,9-10,15-16H2. The van der Waals surface area contributed by atoms with Crippen molar-refractivity contribution in [3.63, 3.8) is 0 Å². The van der Waals surface area contributed by atoms with Crippen molar-refractivity contribution < 1.29 is 0 Å². The molecular weight excluding hydrogens is 228 g/mol. The van der Waals surface area contributed by atoms with E-state index in [0.717, 1.165) is 0 Å². The minimum absolute atomic E-state index is 0.249. The maximum absolute atomic E-state index is 2.32. The molecule has 1 saturated carbocycles. The summed E-state index contributed by atoms with van der Waals surface area (Å²) in [4.78, 5) is 0. The Morgan fingerprint density at radius 2 is 0.947 bits per heavy atom. The molecule has 0 heteroatoms. The van der Waals surface area contributed by atoms with Gasteiger partial charge in [0, 0.05) is 5.41 Å². The van der Waals surface area contributed by atoms with Crippen LogP contribution >= 0.6 is 0 Å². The van der Waals surface area contributed by atoms with Gasteiger partial charge in [-0.05, 0) is 24.0 Å². The molecule has 1 fully saturated rings. The summed E-state index contributed by atoms with van der Waals surface area (Å²) in [6.07, 6.45) is 8.07. The number of rotatable bonds is 2. The molecule has 1 aliphatic carbocycles. The monoisotopic (exact) mass is 250 g/mol. The third kappa shape index (κ3) is 2.45. The smallest absolute Gasteiger partial charge is 0.0202 e. The van der Waals surface area contributed by atoms with Gasteiger partial charge in [-0.1, -0.05) is 86.3 Å². The summed E-state index contributed by atoms with van der Waals surface area (Å²) < 4.78 is 0. The van der Waals surface area contributed by atoms with Gasteiger partial charge in [0.25, 0.3) is 0 Å². The average molecular weight is 250 g/mol. The second-order valence-corrected chi connectivity index (χ2v) is 5.73. The third-order valence-electron chi connectivity index (χ3n) is 4.61. The van der Waals surface area contributed by atoms with Gasteiger partial charge in [-0.25, -0.2) is 0 Å². The molecular formula is C19H22. The van der Waals surface area contributed by atoms with Gasteiger partial charge >= 0.3 is 0 Å². The van der Waals surface area contributed by atoms with Crippen LogP contribution in [0.4, 0.5) is 0 Å². The van der Waals surface area contributed by atoms with Crippen molar-refractivity contribution in [2.45, 2.75) is 43.9 Å². The summed E-state index contributed by atoms with van der Waals surface area (Å²) >= 11 is 0. The highest BCUT2D eigenvalue weighted by molar-refractivity contribution is 5.39. The van der Waals surface area contributed by atoms with Crippen molar-refractivity contribution in [3.8, 4) is 0 Å². The second kappa shape index (κ2) is 5.61. The number of benzene rings is 2. The summed E-state index contributed by atoms with van der Waals surface area (Å²) in [5.74, 6) is 0. The molecule has 3 rings (SSSR count). The van der Waals surface area contributed by atoms with Crippen LogP contribution in [0.15, 0.2) is 60.7 Å². The zero-order valence-corrected chi connectivity index (χ0v) is 11.5. The largest absolute Gasteiger partial charge is 0.0622 e. The fraction of sp³-hybridized carbons (Fsp3) is 0.368. The Bertz CT molecular complexity index is 449. The van der Waals surface area contributed by atoms with E-state index >= 15 is 0 Å². The summed E-state index contributed by atoms with van der Waals surface area (Å²) in [7, 11) is 0. The van der Waals surface area contributed by atoms with Gasteiger partial charge in [0.1, 0.15) is 0 Å². The molecule has 0 N–H and O–H groups in total. The second-order valence-electron chi connectivity index (χ2n) is 5.73. The Morgan fingerprint density at radius 1 is 0.526 bits per heavy atom. The first-order valence-corrected chi connectivity index (χ1v) is 7.53. The normalized spacial score (nSPS) is 18.7. The minimum atomic E-state index is 0.249. The zero-order valence-electron chi connectivity index (χ0n) is 11.5. The van der Waals surface area contributed by atoms with Crippen LogP contribution in [0.2, 0.25) is 0 Å². The first-order chi connectivity index (χ1) is 9.42. The highest BCUT2D eigenvalue weighted by Crippen LogP contribution is 2.43. The van der Waals surface area contributed by atoms with Gasteiger partial charge in [-0.3, -0.25) is 0 Å². The van der Waals surface area contributed by atoms with E-state index in [4.69, 9.17) is 0 Å². The fourth-order valence-corrected chi connectivity index (χ4v) is 3.59. The highest BCUT2D eigenvalue weighted by Gasteiger charge is 2.34. The Balaban J connectivity index is 2.09. The van der Waals surface area contributed by atoms with E-state index in [-0.39, 0.29) is 5.41 Å². The van der Waals surface area contributed by atoms with Crippen molar-refractivity contribution in [2.75, 3.05) is 0 Å². The lowest BCUT2D eigenvalue weighted by Crippen LogP contribution is -2.26. The molecule has 2 aromatic rings. The predicted molar refractivity (Wildman–Crippen MR) is 81.4 cm³/mol. The molecule has 0 unspecified atom stereocenters. The Labute approximate surface area is 116 Å². The van der Waals surface area contributed by atoms with Crippen LogP contribution in [0, 0.1) is 0 Å². The van der Waals surface area contributed by atoms with Crippen LogP contribution < -0.4 is 0 Å². The van der Waals surface area contributed by atoms with E-state index in [1.54, 1.807) is 0 Å². The lowest BCUT2D eigenvalue weighted by molar-refractivity contribution is 0.445. The summed E-state index contributed by atoms with van der Waals surface area (Å²) in [5, 5.41) is 0. The van der Waals surface area contributed by atoms with Crippen LogP contribution in [0.25, 0.3) is 0 Å². The van der Waals surface area contributed by atoms with Crippen molar-refractivity contribution in [2.24, 2.45) is 0 Å². The molecule has 0 spiro atoms. The molecule has 0 heterocycles. The SMILES string of the molecule is c1ccc(C2(c3ccccc3)CCCCCC2)cc1. The molecule has 0 bridgehead atoms. The van der Waals surface area contributed by atoms with Crippen molar-refractivity contribution in [1.82, 2.24) is 0 Å². The first-order valence-electron chi connectivity index (χ1n) is 7.53. The maximum atomic E-state index is 2.32. The lowest BCUT2D eigenvalue weighted by atomic mass is 9.69. The molecule has 19 heavy (non-hydrogen) atoms. The number of hydrogen-bond donors (Lipinski definition) is 0. The molecule has 1 aliphatic rings. The Kier molecular flexibility index (Phi) is 3.68. The van der Waals surface area contributed by atoms with Crippen LogP contribution in [0.1, 0.15) is 49.7 Å². The summed E-state index contributed by atoms with van der Waals surface area (Å²) in [5.41, 5.74) is 3.25. The molecule has 0 nitrogen and oxygen atoms in total. The van der Waals surface area contributed by atoms with Crippen molar-refractivity contribution >= 4 is 0 Å². The minimum Gasteiger partial charge on any atom is -0.0622 e. The van der Waals surface area contributed by atoms with E-state index in [0.29, 0.717) is 0 Å². The van der Waals surface area contributed by atoms with E-state index < -0.39 is 0 Å². The lowest BCUT2D eigenvalue weighted by Gasteiger charge is -2.34. The molecule has 0 aliphatic heterocycles. The first kappa shape index (κ1) is 12.5. The van der Waals surface area contributed by atoms with Gasteiger partial charge < -0.3 is 0 Å². The fourth-order valence-electron chi connectivity index (χ4n) is 3.59. The van der Waals surface area contributed by atoms with Gasteiger partial charge in [0.15, 0.2) is 0 Å². The van der Waals surface area contributed by atoms with E-state index in [2.05, 4.69) is 60.7 Å². The van der Waals surface area contributed by atoms with E-state index in [1.807, 2.05) is 0 Å². The molecule has 2 aromatic carbocycles. The van der Waals surface area contributed by atoms with Crippen LogP contribution in [-0.2, 0) is 5.41 Å². The van der Waals surface area contributed by atoms with Gasteiger partial charge in [-0.2, -0.15) is 0 Å². The average Bonchev–Trinajstić information content (AvgIpc) is 2.76. The molecule has 0 amide bonds. The van der Waals surface area contributed by atoms with Gasteiger partial charge in [0.2, 0.25) is 0 Å². The van der Waals surface area contributed by atoms with Crippen LogP contribution in [0.5, 0.6) is 0 Å².